The number of phosphoric acid groups is 1. The number of allylic oxidation sites excluding steroid dienone is 7. The van der Waals surface area contributed by atoms with Gasteiger partial charge in [-0.2, -0.15) is 0 Å². The molecule has 0 aliphatic heterocycles. The molecular formula is C66H126N2O7P+. The molecule has 76 heavy (non-hydrogen) atoms. The third-order valence-corrected chi connectivity index (χ3v) is 15.5. The zero-order chi connectivity index (χ0) is 55.7. The minimum absolute atomic E-state index is 0.0390. The second-order valence-electron chi connectivity index (χ2n) is 23.3. The number of amides is 1. The van der Waals surface area contributed by atoms with Crippen molar-refractivity contribution in [2.45, 2.75) is 322 Å². The van der Waals surface area contributed by atoms with Crippen LogP contribution in [-0.4, -0.2) is 74.3 Å². The second-order valence-corrected chi connectivity index (χ2v) is 24.7. The molecule has 0 aromatic heterocycles. The second kappa shape index (κ2) is 56.3. The molecule has 0 rings (SSSR count). The lowest BCUT2D eigenvalue weighted by atomic mass is 10.0. The van der Waals surface area contributed by atoms with E-state index in [0.717, 1.165) is 77.0 Å². The fourth-order valence-electron chi connectivity index (χ4n) is 9.44. The van der Waals surface area contributed by atoms with Gasteiger partial charge in [0.25, 0.3) is 0 Å². The van der Waals surface area contributed by atoms with E-state index in [4.69, 9.17) is 13.8 Å². The highest BCUT2D eigenvalue weighted by Gasteiger charge is 2.30. The van der Waals surface area contributed by atoms with E-state index in [1.807, 2.05) is 33.3 Å². The molecule has 0 fully saturated rings. The molecule has 0 aliphatic rings. The first-order valence-corrected chi connectivity index (χ1v) is 34.0. The molecule has 0 spiro atoms. The highest BCUT2D eigenvalue weighted by molar-refractivity contribution is 7.47. The zero-order valence-corrected chi connectivity index (χ0v) is 51.9. The molecule has 2 N–H and O–H groups in total. The van der Waals surface area contributed by atoms with Gasteiger partial charge < -0.3 is 19.4 Å². The first-order valence-electron chi connectivity index (χ1n) is 32.5. The van der Waals surface area contributed by atoms with E-state index in [0.29, 0.717) is 23.9 Å². The highest BCUT2D eigenvalue weighted by atomic mass is 31.2. The number of hydrogen-bond acceptors (Lipinski definition) is 6. The van der Waals surface area contributed by atoms with E-state index in [2.05, 4.69) is 62.5 Å². The molecule has 1 amide bonds. The number of esters is 1. The van der Waals surface area contributed by atoms with Gasteiger partial charge in [0.1, 0.15) is 19.3 Å². The summed E-state index contributed by atoms with van der Waals surface area (Å²) >= 11 is 0. The lowest BCUT2D eigenvalue weighted by Gasteiger charge is -2.27. The van der Waals surface area contributed by atoms with Crippen molar-refractivity contribution >= 4 is 19.7 Å². The largest absolute Gasteiger partial charge is 0.472 e. The van der Waals surface area contributed by atoms with Crippen LogP contribution in [0.25, 0.3) is 0 Å². The summed E-state index contributed by atoms with van der Waals surface area (Å²) in [5, 5.41) is 3.06. The number of likely N-dealkylation sites (N-methyl/N-ethyl adjacent to an activating group) is 1. The molecule has 3 atom stereocenters. The third-order valence-electron chi connectivity index (χ3n) is 14.5. The number of nitrogens with one attached hydrogen (secondary N) is 1. The van der Waals surface area contributed by atoms with Crippen LogP contribution in [-0.2, 0) is 27.9 Å². The van der Waals surface area contributed by atoms with Gasteiger partial charge in [-0.1, -0.05) is 256 Å². The van der Waals surface area contributed by atoms with Crippen LogP contribution in [0, 0.1) is 0 Å². The summed E-state index contributed by atoms with van der Waals surface area (Å²) in [6.07, 6.45) is 69.6. The molecule has 446 valence electrons. The van der Waals surface area contributed by atoms with E-state index >= 15 is 0 Å². The van der Waals surface area contributed by atoms with Crippen molar-refractivity contribution in [3.8, 4) is 0 Å². The molecule has 0 aromatic rings. The van der Waals surface area contributed by atoms with Crippen molar-refractivity contribution in [3.05, 3.63) is 48.6 Å². The SMILES string of the molecule is CCCCC/C=C\C/C=C\CCCCCCCCCC(=O)NC(COP(=O)(O)OCC[N+](C)(C)C)C(/C=C/CCCCCCCCCCCC)OC(=O)CCCCCCCCCCCCC/C=C/CCCCCCCC. The van der Waals surface area contributed by atoms with E-state index in [1.165, 1.54) is 199 Å². The van der Waals surface area contributed by atoms with Crippen LogP contribution in [0.3, 0.4) is 0 Å². The number of hydrogen-bond donors (Lipinski definition) is 2. The van der Waals surface area contributed by atoms with Crippen LogP contribution in [0.4, 0.5) is 0 Å². The van der Waals surface area contributed by atoms with Crippen molar-refractivity contribution < 1.29 is 37.3 Å². The number of ether oxygens (including phenoxy) is 1. The van der Waals surface area contributed by atoms with Gasteiger partial charge in [-0.25, -0.2) is 4.57 Å². The van der Waals surface area contributed by atoms with Gasteiger partial charge in [0, 0.05) is 12.8 Å². The maximum atomic E-state index is 13.6. The van der Waals surface area contributed by atoms with Crippen LogP contribution >= 0.6 is 7.82 Å². The Hall–Kier alpha value is -2.03. The van der Waals surface area contributed by atoms with Crippen molar-refractivity contribution in [2.75, 3.05) is 40.9 Å². The predicted molar refractivity (Wildman–Crippen MR) is 328 cm³/mol. The summed E-state index contributed by atoms with van der Waals surface area (Å²) in [5.41, 5.74) is 0. The molecule has 0 radical (unpaired) electrons. The van der Waals surface area contributed by atoms with E-state index in [-0.39, 0.29) is 25.1 Å². The Bertz CT molecular complexity index is 1440. The molecule has 0 saturated carbocycles. The highest BCUT2D eigenvalue weighted by Crippen LogP contribution is 2.43. The maximum absolute atomic E-state index is 13.6. The third kappa shape index (κ3) is 56.7. The van der Waals surface area contributed by atoms with E-state index in [1.54, 1.807) is 0 Å². The number of carbonyl (C=O) groups excluding carboxylic acids is 2. The smallest absolute Gasteiger partial charge is 0.456 e. The van der Waals surface area contributed by atoms with Crippen molar-refractivity contribution in [1.29, 1.82) is 0 Å². The number of unbranched alkanes of at least 4 members (excludes halogenated alkanes) is 37. The Labute approximate surface area is 471 Å². The Balaban J connectivity index is 5.19. The normalized spacial score (nSPS) is 13.9. The molecule has 0 saturated heterocycles. The molecule has 3 unspecified atom stereocenters. The summed E-state index contributed by atoms with van der Waals surface area (Å²) in [4.78, 5) is 37.8. The fraction of sp³-hybridized carbons (Fsp3) is 0.848. The van der Waals surface area contributed by atoms with Crippen molar-refractivity contribution in [2.24, 2.45) is 0 Å². The molecular weight excluding hydrogens is 964 g/mol. The van der Waals surface area contributed by atoms with Gasteiger partial charge in [0.05, 0.1) is 33.8 Å². The fourth-order valence-corrected chi connectivity index (χ4v) is 10.2. The van der Waals surface area contributed by atoms with Gasteiger partial charge in [0.15, 0.2) is 0 Å². The van der Waals surface area contributed by atoms with Crippen LogP contribution in [0.15, 0.2) is 48.6 Å². The quantitative estimate of drug-likeness (QED) is 0.0205. The Morgan fingerprint density at radius 2 is 0.803 bits per heavy atom. The minimum Gasteiger partial charge on any atom is -0.456 e. The lowest BCUT2D eigenvalue weighted by Crippen LogP contribution is -2.47. The first-order chi connectivity index (χ1) is 36.9. The number of carbonyl (C=O) groups is 2. The number of quaternary nitrogens is 1. The van der Waals surface area contributed by atoms with Crippen molar-refractivity contribution in [3.63, 3.8) is 0 Å². The summed E-state index contributed by atoms with van der Waals surface area (Å²) in [6.45, 7) is 7.01. The van der Waals surface area contributed by atoms with E-state index in [9.17, 15) is 19.0 Å². The average molecular weight is 1090 g/mol. The van der Waals surface area contributed by atoms with Gasteiger partial charge >= 0.3 is 13.8 Å². The van der Waals surface area contributed by atoms with Crippen LogP contribution in [0.1, 0.15) is 310 Å². The summed E-state index contributed by atoms with van der Waals surface area (Å²) < 4.78 is 30.7. The van der Waals surface area contributed by atoms with Gasteiger partial charge in [-0.05, 0) is 89.5 Å². The molecule has 0 aromatic carbocycles. The van der Waals surface area contributed by atoms with Gasteiger partial charge in [-0.15, -0.1) is 0 Å². The molecule has 10 heteroatoms. The Morgan fingerprint density at radius 3 is 1.22 bits per heavy atom. The average Bonchev–Trinajstić information content (AvgIpc) is 3.38. The summed E-state index contributed by atoms with van der Waals surface area (Å²) in [7, 11) is 1.50. The van der Waals surface area contributed by atoms with E-state index < -0.39 is 20.0 Å². The first kappa shape index (κ1) is 74.0. The Kier molecular flexibility index (Phi) is 54.7. The monoisotopic (exact) mass is 1090 g/mol. The van der Waals surface area contributed by atoms with Crippen LogP contribution < -0.4 is 5.32 Å². The van der Waals surface area contributed by atoms with Crippen LogP contribution in [0.5, 0.6) is 0 Å². The molecule has 0 heterocycles. The number of phosphoric ester groups is 1. The minimum atomic E-state index is -4.45. The van der Waals surface area contributed by atoms with Crippen molar-refractivity contribution in [1.82, 2.24) is 5.32 Å². The molecule has 9 nitrogen and oxygen atoms in total. The molecule has 0 bridgehead atoms. The summed E-state index contributed by atoms with van der Waals surface area (Å²) in [6, 6.07) is -0.852. The predicted octanol–water partition coefficient (Wildman–Crippen LogP) is 20.1. The van der Waals surface area contributed by atoms with Gasteiger partial charge in [-0.3, -0.25) is 18.6 Å². The van der Waals surface area contributed by atoms with Gasteiger partial charge in [0.2, 0.25) is 5.91 Å². The number of nitrogens with zero attached hydrogens (tertiary/aromatic N) is 1. The molecule has 0 aliphatic carbocycles. The Morgan fingerprint density at radius 1 is 0.461 bits per heavy atom. The zero-order valence-electron chi connectivity index (χ0n) is 51.0. The number of rotatable bonds is 59. The maximum Gasteiger partial charge on any atom is 0.472 e. The lowest BCUT2D eigenvalue weighted by molar-refractivity contribution is -0.870. The van der Waals surface area contributed by atoms with Crippen LogP contribution in [0.2, 0.25) is 0 Å². The standard InChI is InChI=1S/C66H125N2O7P/c1-7-10-13-16-19-22-25-28-30-32-33-34-35-37-39-41-44-47-50-53-56-59-66(70)75-64(57-54-51-48-45-42-27-24-21-18-15-12-9-3)63(62-74-76(71,72)73-61-60-68(4,5)6)67-65(69)58-55-52-49-46-43-40-38-36-31-29-26-23-20-17-14-11-8-2/h20,23,28-31,54,57,63-64H,7-19,21-22,24-27,32-53,55-56,58-62H2,1-6H3,(H-,67,69,71,72)/p+1/b23-20-,30-28+,31-29-,57-54+. The summed E-state index contributed by atoms with van der Waals surface area (Å²) in [5.74, 6) is -0.505. The topological polar surface area (TPSA) is 111 Å².